The van der Waals surface area contributed by atoms with Crippen LogP contribution >= 0.6 is 0 Å². The Labute approximate surface area is 138 Å². The van der Waals surface area contributed by atoms with E-state index in [1.54, 1.807) is 24.3 Å². The molecular weight excluding hydrogens is 314 g/mol. The molecule has 0 fully saturated rings. The van der Waals surface area contributed by atoms with E-state index in [1.807, 2.05) is 6.07 Å². The summed E-state index contributed by atoms with van der Waals surface area (Å²) >= 11 is 0. The average molecular weight is 331 g/mol. The molecule has 0 unspecified atom stereocenters. The second kappa shape index (κ2) is 7.40. The van der Waals surface area contributed by atoms with E-state index in [-0.39, 0.29) is 11.4 Å². The van der Waals surface area contributed by atoms with Gasteiger partial charge in [-0.2, -0.15) is 0 Å². The molecule has 0 aliphatic carbocycles. The number of benzene rings is 1. The standard InChI is InChI=1S/C16H17N3O5/c1-9(15(21)23-2)17-14(20)11-12(16(22)24-3)19-13(18-11)10-7-5-4-6-8-10/h4-9H,1-3H3,(H,17,20)(H,18,19)/t9-/m0/s1. The van der Waals surface area contributed by atoms with Crippen LogP contribution in [0.1, 0.15) is 27.9 Å². The lowest BCUT2D eigenvalue weighted by Crippen LogP contribution is -2.39. The van der Waals surface area contributed by atoms with Crippen LogP contribution in [-0.2, 0) is 14.3 Å². The van der Waals surface area contributed by atoms with E-state index in [0.29, 0.717) is 11.4 Å². The molecule has 0 aliphatic rings. The normalized spacial score (nSPS) is 11.5. The Morgan fingerprint density at radius 1 is 1.12 bits per heavy atom. The molecule has 8 nitrogen and oxygen atoms in total. The minimum Gasteiger partial charge on any atom is -0.467 e. The van der Waals surface area contributed by atoms with Crippen molar-refractivity contribution in [2.45, 2.75) is 13.0 Å². The number of nitrogens with zero attached hydrogens (tertiary/aromatic N) is 1. The number of amides is 1. The summed E-state index contributed by atoms with van der Waals surface area (Å²) in [4.78, 5) is 42.6. The zero-order valence-corrected chi connectivity index (χ0v) is 13.5. The number of hydrogen-bond donors (Lipinski definition) is 2. The molecule has 0 saturated carbocycles. The molecule has 1 heterocycles. The van der Waals surface area contributed by atoms with Gasteiger partial charge >= 0.3 is 11.9 Å². The van der Waals surface area contributed by atoms with Gasteiger partial charge in [-0.25, -0.2) is 14.6 Å². The van der Waals surface area contributed by atoms with Crippen LogP contribution in [0.3, 0.4) is 0 Å². The summed E-state index contributed by atoms with van der Waals surface area (Å²) in [6.07, 6.45) is 0. The molecular formula is C16H17N3O5. The summed E-state index contributed by atoms with van der Waals surface area (Å²) < 4.78 is 9.22. The minimum absolute atomic E-state index is 0.0917. The van der Waals surface area contributed by atoms with Crippen LogP contribution in [0.5, 0.6) is 0 Å². The van der Waals surface area contributed by atoms with Crippen molar-refractivity contribution in [2.24, 2.45) is 0 Å². The second-order valence-electron chi connectivity index (χ2n) is 4.88. The molecule has 2 aromatic rings. The van der Waals surface area contributed by atoms with Gasteiger partial charge in [-0.1, -0.05) is 30.3 Å². The highest BCUT2D eigenvalue weighted by atomic mass is 16.5. The van der Waals surface area contributed by atoms with Crippen LogP contribution in [0, 0.1) is 0 Å². The quantitative estimate of drug-likeness (QED) is 0.795. The molecule has 0 radical (unpaired) electrons. The summed E-state index contributed by atoms with van der Waals surface area (Å²) in [5.41, 5.74) is 0.449. The van der Waals surface area contributed by atoms with Crippen molar-refractivity contribution in [1.29, 1.82) is 0 Å². The number of methoxy groups -OCH3 is 2. The molecule has 24 heavy (non-hydrogen) atoms. The number of imidazole rings is 1. The third kappa shape index (κ3) is 3.60. The first-order chi connectivity index (χ1) is 11.5. The van der Waals surface area contributed by atoms with Gasteiger partial charge in [0, 0.05) is 5.56 Å². The molecule has 0 bridgehead atoms. The first kappa shape index (κ1) is 17.2. The van der Waals surface area contributed by atoms with Gasteiger partial charge in [0.25, 0.3) is 5.91 Å². The Morgan fingerprint density at radius 2 is 1.79 bits per heavy atom. The highest BCUT2D eigenvalue weighted by Crippen LogP contribution is 2.18. The van der Waals surface area contributed by atoms with Gasteiger partial charge in [0.15, 0.2) is 11.4 Å². The van der Waals surface area contributed by atoms with Crippen molar-refractivity contribution in [3.8, 4) is 11.4 Å². The maximum atomic E-state index is 12.4. The van der Waals surface area contributed by atoms with E-state index in [2.05, 4.69) is 24.8 Å². The highest BCUT2D eigenvalue weighted by molar-refractivity contribution is 6.04. The number of aromatic nitrogens is 2. The van der Waals surface area contributed by atoms with Gasteiger partial charge in [-0.15, -0.1) is 0 Å². The Bertz CT molecular complexity index is 754. The van der Waals surface area contributed by atoms with Gasteiger partial charge < -0.3 is 19.8 Å². The molecule has 1 amide bonds. The predicted molar refractivity (Wildman–Crippen MR) is 84.3 cm³/mol. The van der Waals surface area contributed by atoms with E-state index in [4.69, 9.17) is 0 Å². The van der Waals surface area contributed by atoms with Crippen molar-refractivity contribution < 1.29 is 23.9 Å². The molecule has 1 aromatic heterocycles. The zero-order chi connectivity index (χ0) is 17.7. The summed E-state index contributed by atoms with van der Waals surface area (Å²) in [6.45, 7) is 1.46. The number of aromatic amines is 1. The zero-order valence-electron chi connectivity index (χ0n) is 13.5. The van der Waals surface area contributed by atoms with E-state index in [9.17, 15) is 14.4 Å². The SMILES string of the molecule is COC(=O)c1[nH]c(-c2ccccc2)nc1C(=O)N[C@@H](C)C(=O)OC. The molecule has 1 aromatic carbocycles. The molecule has 0 aliphatic heterocycles. The largest absolute Gasteiger partial charge is 0.467 e. The monoisotopic (exact) mass is 331 g/mol. The predicted octanol–water partition coefficient (Wildman–Crippen LogP) is 1.15. The third-order valence-electron chi connectivity index (χ3n) is 3.26. The average Bonchev–Trinajstić information content (AvgIpc) is 3.06. The van der Waals surface area contributed by atoms with Gasteiger partial charge in [0.05, 0.1) is 14.2 Å². The van der Waals surface area contributed by atoms with E-state index in [0.717, 1.165) is 0 Å². The van der Waals surface area contributed by atoms with Crippen LogP contribution in [0.2, 0.25) is 0 Å². The maximum absolute atomic E-state index is 12.4. The van der Waals surface area contributed by atoms with Crippen molar-refractivity contribution >= 4 is 17.8 Å². The van der Waals surface area contributed by atoms with Crippen molar-refractivity contribution in [3.05, 3.63) is 41.7 Å². The van der Waals surface area contributed by atoms with Crippen molar-refractivity contribution in [3.63, 3.8) is 0 Å². The number of carbonyl (C=O) groups excluding carboxylic acids is 3. The lowest BCUT2D eigenvalue weighted by atomic mass is 10.2. The molecule has 8 heteroatoms. The molecule has 2 rings (SSSR count). The summed E-state index contributed by atoms with van der Waals surface area (Å²) in [6, 6.07) is 8.10. The van der Waals surface area contributed by atoms with Gasteiger partial charge in [-0.05, 0) is 6.92 Å². The van der Waals surface area contributed by atoms with Crippen LogP contribution in [0.4, 0.5) is 0 Å². The van der Waals surface area contributed by atoms with Crippen molar-refractivity contribution in [1.82, 2.24) is 15.3 Å². The Hall–Kier alpha value is -3.16. The smallest absolute Gasteiger partial charge is 0.357 e. The van der Waals surface area contributed by atoms with Gasteiger partial charge in [0.1, 0.15) is 11.9 Å². The topological polar surface area (TPSA) is 110 Å². The fourth-order valence-corrected chi connectivity index (χ4v) is 2.02. The number of carbonyl (C=O) groups is 3. The first-order valence-electron chi connectivity index (χ1n) is 7.10. The number of ether oxygens (including phenoxy) is 2. The third-order valence-corrected chi connectivity index (χ3v) is 3.26. The number of H-pyrrole nitrogens is 1. The Balaban J connectivity index is 2.37. The minimum atomic E-state index is -0.884. The van der Waals surface area contributed by atoms with E-state index in [1.165, 1.54) is 21.1 Å². The maximum Gasteiger partial charge on any atom is 0.357 e. The summed E-state index contributed by atoms with van der Waals surface area (Å²) in [5, 5.41) is 2.43. The second-order valence-corrected chi connectivity index (χ2v) is 4.88. The highest BCUT2D eigenvalue weighted by Gasteiger charge is 2.26. The molecule has 0 saturated heterocycles. The van der Waals surface area contributed by atoms with Crippen molar-refractivity contribution in [2.75, 3.05) is 14.2 Å². The van der Waals surface area contributed by atoms with E-state index < -0.39 is 23.9 Å². The van der Waals surface area contributed by atoms with Crippen LogP contribution in [-0.4, -0.2) is 48.1 Å². The van der Waals surface area contributed by atoms with Crippen LogP contribution in [0.25, 0.3) is 11.4 Å². The number of nitrogens with one attached hydrogen (secondary N) is 2. The number of hydrogen-bond acceptors (Lipinski definition) is 6. The lowest BCUT2D eigenvalue weighted by molar-refractivity contribution is -0.142. The van der Waals surface area contributed by atoms with Crippen LogP contribution < -0.4 is 5.32 Å². The first-order valence-corrected chi connectivity index (χ1v) is 7.10. The van der Waals surface area contributed by atoms with Crippen LogP contribution in [0.15, 0.2) is 30.3 Å². The Morgan fingerprint density at radius 3 is 2.38 bits per heavy atom. The number of rotatable bonds is 5. The van der Waals surface area contributed by atoms with E-state index >= 15 is 0 Å². The molecule has 0 spiro atoms. The fourth-order valence-electron chi connectivity index (χ4n) is 2.02. The van der Waals surface area contributed by atoms with Gasteiger partial charge in [0.2, 0.25) is 0 Å². The Kier molecular flexibility index (Phi) is 5.31. The number of esters is 2. The molecule has 126 valence electrons. The fraction of sp³-hybridized carbons (Fsp3) is 0.250. The summed E-state index contributed by atoms with van der Waals surface area (Å²) in [5.74, 6) is -1.69. The van der Waals surface area contributed by atoms with Gasteiger partial charge in [-0.3, -0.25) is 4.79 Å². The molecule has 1 atom stereocenters. The molecule has 2 N–H and O–H groups in total. The summed E-state index contributed by atoms with van der Waals surface area (Å²) in [7, 11) is 2.41. The lowest BCUT2D eigenvalue weighted by Gasteiger charge is -2.10.